The van der Waals surface area contributed by atoms with Crippen LogP contribution in [-0.2, 0) is 10.0 Å². The Labute approximate surface area is 108 Å². The predicted molar refractivity (Wildman–Crippen MR) is 67.9 cm³/mol. The molecule has 1 fully saturated rings. The summed E-state index contributed by atoms with van der Waals surface area (Å²) in [6.45, 7) is 4.26. The number of aromatic nitrogens is 1. The number of ether oxygens (including phenoxy) is 1. The zero-order chi connectivity index (χ0) is 13.4. The lowest BCUT2D eigenvalue weighted by atomic mass is 9.69. The summed E-state index contributed by atoms with van der Waals surface area (Å²) in [4.78, 5) is 3.99. The molecule has 0 saturated heterocycles. The largest absolute Gasteiger partial charge is 0.494 e. The van der Waals surface area contributed by atoms with E-state index < -0.39 is 10.0 Å². The van der Waals surface area contributed by atoms with Gasteiger partial charge in [0.25, 0.3) is 0 Å². The molecule has 0 bridgehead atoms. The second kappa shape index (κ2) is 4.51. The van der Waals surface area contributed by atoms with Crippen molar-refractivity contribution >= 4 is 10.0 Å². The topological polar surface area (TPSA) is 68.3 Å². The highest BCUT2D eigenvalue weighted by Crippen LogP contribution is 2.40. The standard InChI is InChI=1S/C12H18N2O3S/c1-12(2)6-9(7-12)14-18(15,16)11-4-5-13-8-10(11)17-3/h4-5,8-9,14H,6-7H2,1-3H3. The van der Waals surface area contributed by atoms with Crippen LogP contribution < -0.4 is 9.46 Å². The molecule has 5 nitrogen and oxygen atoms in total. The molecule has 0 radical (unpaired) electrons. The van der Waals surface area contributed by atoms with E-state index in [2.05, 4.69) is 23.6 Å². The van der Waals surface area contributed by atoms with Gasteiger partial charge in [0.2, 0.25) is 10.0 Å². The average molecular weight is 270 g/mol. The molecule has 0 spiro atoms. The van der Waals surface area contributed by atoms with Crippen LogP contribution in [0.3, 0.4) is 0 Å². The van der Waals surface area contributed by atoms with E-state index >= 15 is 0 Å². The van der Waals surface area contributed by atoms with Gasteiger partial charge in [-0.1, -0.05) is 13.8 Å². The number of sulfonamides is 1. The summed E-state index contributed by atoms with van der Waals surface area (Å²) in [5.74, 6) is 0.267. The maximum atomic E-state index is 12.2. The molecule has 18 heavy (non-hydrogen) atoms. The van der Waals surface area contributed by atoms with Gasteiger partial charge in [-0.05, 0) is 24.3 Å². The van der Waals surface area contributed by atoms with Gasteiger partial charge in [-0.15, -0.1) is 0 Å². The van der Waals surface area contributed by atoms with Crippen molar-refractivity contribution in [3.8, 4) is 5.75 Å². The molecule has 6 heteroatoms. The van der Waals surface area contributed by atoms with Crippen LogP contribution in [0.2, 0.25) is 0 Å². The van der Waals surface area contributed by atoms with Crippen molar-refractivity contribution in [2.45, 2.75) is 37.6 Å². The normalized spacial score (nSPS) is 19.3. The highest BCUT2D eigenvalue weighted by atomic mass is 32.2. The number of pyridine rings is 1. The fraction of sp³-hybridized carbons (Fsp3) is 0.583. The molecule has 0 unspecified atom stereocenters. The highest BCUT2D eigenvalue weighted by Gasteiger charge is 2.38. The summed E-state index contributed by atoms with van der Waals surface area (Å²) >= 11 is 0. The first-order valence-corrected chi connectivity index (χ1v) is 7.33. The highest BCUT2D eigenvalue weighted by molar-refractivity contribution is 7.89. The van der Waals surface area contributed by atoms with E-state index in [4.69, 9.17) is 4.74 Å². The lowest BCUT2D eigenvalue weighted by Crippen LogP contribution is -2.48. The van der Waals surface area contributed by atoms with Gasteiger partial charge in [0, 0.05) is 12.2 Å². The molecule has 1 heterocycles. The van der Waals surface area contributed by atoms with Crippen LogP contribution in [0.15, 0.2) is 23.4 Å². The van der Waals surface area contributed by atoms with Crippen molar-refractivity contribution < 1.29 is 13.2 Å². The molecule has 0 aliphatic heterocycles. The van der Waals surface area contributed by atoms with E-state index in [1.54, 1.807) is 0 Å². The summed E-state index contributed by atoms with van der Waals surface area (Å²) < 4.78 is 32.1. The zero-order valence-corrected chi connectivity index (χ0v) is 11.6. The van der Waals surface area contributed by atoms with Gasteiger partial charge >= 0.3 is 0 Å². The molecular weight excluding hydrogens is 252 g/mol. The van der Waals surface area contributed by atoms with E-state index in [-0.39, 0.29) is 22.1 Å². The van der Waals surface area contributed by atoms with Crippen molar-refractivity contribution in [3.05, 3.63) is 18.5 Å². The SMILES string of the molecule is COc1cnccc1S(=O)(=O)NC1CC(C)(C)C1. The molecule has 1 N–H and O–H groups in total. The van der Waals surface area contributed by atoms with Crippen LogP contribution in [0.25, 0.3) is 0 Å². The molecule has 1 saturated carbocycles. The van der Waals surface area contributed by atoms with Crippen molar-refractivity contribution in [3.63, 3.8) is 0 Å². The van der Waals surface area contributed by atoms with E-state index in [0.717, 1.165) is 12.8 Å². The minimum absolute atomic E-state index is 0.0165. The number of nitrogens with zero attached hydrogens (tertiary/aromatic N) is 1. The van der Waals surface area contributed by atoms with Crippen molar-refractivity contribution in [1.29, 1.82) is 0 Å². The molecular formula is C12H18N2O3S. The number of hydrogen-bond donors (Lipinski definition) is 1. The second-order valence-corrected chi connectivity index (χ2v) is 7.10. The van der Waals surface area contributed by atoms with Crippen molar-refractivity contribution in [2.24, 2.45) is 5.41 Å². The molecule has 1 aromatic heterocycles. The predicted octanol–water partition coefficient (Wildman–Crippen LogP) is 1.56. The monoisotopic (exact) mass is 270 g/mol. The fourth-order valence-electron chi connectivity index (χ4n) is 2.38. The Morgan fingerprint density at radius 3 is 2.67 bits per heavy atom. The number of hydrogen-bond acceptors (Lipinski definition) is 4. The summed E-state index contributed by atoms with van der Waals surface area (Å²) in [6, 6.07) is 1.47. The molecule has 1 aliphatic rings. The Hall–Kier alpha value is -1.14. The fourth-order valence-corrected chi connectivity index (χ4v) is 3.76. The third-order valence-corrected chi connectivity index (χ3v) is 4.74. The Morgan fingerprint density at radius 1 is 1.44 bits per heavy atom. The summed E-state index contributed by atoms with van der Waals surface area (Å²) in [6.07, 6.45) is 4.57. The van der Waals surface area contributed by atoms with Gasteiger partial charge in [-0.3, -0.25) is 4.98 Å². The minimum Gasteiger partial charge on any atom is -0.494 e. The van der Waals surface area contributed by atoms with Gasteiger partial charge < -0.3 is 4.74 Å². The van der Waals surface area contributed by atoms with Crippen LogP contribution in [0.1, 0.15) is 26.7 Å². The first kappa shape index (κ1) is 13.3. The summed E-state index contributed by atoms with van der Waals surface area (Å²) in [5, 5.41) is 0. The molecule has 1 aromatic rings. The number of rotatable bonds is 4. The van der Waals surface area contributed by atoms with Gasteiger partial charge in [-0.25, -0.2) is 13.1 Å². The first-order chi connectivity index (χ1) is 8.34. The maximum Gasteiger partial charge on any atom is 0.244 e. The van der Waals surface area contributed by atoms with Crippen molar-refractivity contribution in [1.82, 2.24) is 9.71 Å². The quantitative estimate of drug-likeness (QED) is 0.901. The van der Waals surface area contributed by atoms with Crippen LogP contribution >= 0.6 is 0 Å². The van der Waals surface area contributed by atoms with E-state index in [1.165, 1.54) is 25.6 Å². The van der Waals surface area contributed by atoms with Gasteiger partial charge in [0.1, 0.15) is 4.90 Å². The van der Waals surface area contributed by atoms with E-state index in [1.807, 2.05) is 0 Å². The van der Waals surface area contributed by atoms with Gasteiger partial charge in [-0.2, -0.15) is 0 Å². The van der Waals surface area contributed by atoms with Gasteiger partial charge in [0.15, 0.2) is 5.75 Å². The summed E-state index contributed by atoms with van der Waals surface area (Å²) in [7, 11) is -2.10. The molecule has 0 atom stereocenters. The average Bonchev–Trinajstić information content (AvgIpc) is 2.26. The van der Waals surface area contributed by atoms with Crippen LogP contribution in [0.5, 0.6) is 5.75 Å². The van der Waals surface area contributed by atoms with Crippen LogP contribution in [0.4, 0.5) is 0 Å². The maximum absolute atomic E-state index is 12.2. The van der Waals surface area contributed by atoms with Gasteiger partial charge in [0.05, 0.1) is 13.3 Å². The van der Waals surface area contributed by atoms with Crippen molar-refractivity contribution in [2.75, 3.05) is 7.11 Å². The second-order valence-electron chi connectivity index (χ2n) is 5.42. The molecule has 100 valence electrons. The smallest absolute Gasteiger partial charge is 0.244 e. The van der Waals surface area contributed by atoms with E-state index in [0.29, 0.717) is 0 Å². The Morgan fingerprint density at radius 2 is 2.11 bits per heavy atom. The third-order valence-electron chi connectivity index (χ3n) is 3.18. The minimum atomic E-state index is -3.53. The van der Waals surface area contributed by atoms with E-state index in [9.17, 15) is 8.42 Å². The molecule has 0 amide bonds. The Kier molecular flexibility index (Phi) is 3.33. The Bertz CT molecular complexity index is 532. The third kappa shape index (κ3) is 2.64. The Balaban J connectivity index is 2.16. The van der Waals surface area contributed by atoms with Crippen LogP contribution in [0, 0.1) is 5.41 Å². The molecule has 1 aliphatic carbocycles. The summed E-state index contributed by atoms with van der Waals surface area (Å²) in [5.41, 5.74) is 0.232. The number of methoxy groups -OCH3 is 1. The van der Waals surface area contributed by atoms with Crippen LogP contribution in [-0.4, -0.2) is 26.6 Å². The number of nitrogens with one attached hydrogen (secondary N) is 1. The lowest BCUT2D eigenvalue weighted by Gasteiger charge is -2.42. The molecule has 2 rings (SSSR count). The first-order valence-electron chi connectivity index (χ1n) is 5.84. The molecule has 0 aromatic carbocycles. The lowest BCUT2D eigenvalue weighted by molar-refractivity contribution is 0.143. The zero-order valence-electron chi connectivity index (χ0n) is 10.8.